The molecule has 464 valence electrons. The maximum absolute atomic E-state index is 14.3. The monoisotopic (exact) mass is 1160 g/mol. The van der Waals surface area contributed by atoms with Gasteiger partial charge in [-0.2, -0.15) is 0 Å². The maximum Gasteiger partial charge on any atom is 0.475 e. The van der Waals surface area contributed by atoms with E-state index in [1.165, 1.54) is 102 Å². The number of ketones is 1. The number of unbranched alkanes of at least 4 members (excludes halogenated alkanes) is 19. The molecular formula is C62H118NO14PSi. The molecule has 0 radical (unpaired) electrons. The molecule has 1 N–H and O–H groups in total. The number of rotatable bonds is 49. The van der Waals surface area contributed by atoms with Crippen molar-refractivity contribution in [3.63, 3.8) is 0 Å². The first-order chi connectivity index (χ1) is 37.8. The second-order valence-corrected chi connectivity index (χ2v) is 30.4. The number of carbonyl (C=O) groups excluding carboxylic acids is 2. The normalized spacial score (nSPS) is 24.4. The molecule has 0 aromatic rings. The summed E-state index contributed by atoms with van der Waals surface area (Å²) in [6.45, 7) is 29.8. The van der Waals surface area contributed by atoms with Gasteiger partial charge in [-0.05, 0) is 43.8 Å². The number of methoxy groups -OCH3 is 2. The van der Waals surface area contributed by atoms with Crippen molar-refractivity contribution in [2.24, 2.45) is 11.8 Å². The Bertz CT molecular complexity index is 1640. The van der Waals surface area contributed by atoms with Crippen LogP contribution in [0.3, 0.4) is 0 Å². The zero-order valence-corrected chi connectivity index (χ0v) is 54.1. The van der Waals surface area contributed by atoms with Crippen molar-refractivity contribution >= 4 is 27.8 Å². The van der Waals surface area contributed by atoms with Crippen LogP contribution in [0.4, 0.5) is 0 Å². The molecule has 0 spiro atoms. The Morgan fingerprint density at radius 2 is 1.15 bits per heavy atom. The minimum absolute atomic E-state index is 0.00770. The third-order valence-electron chi connectivity index (χ3n) is 16.2. The fourth-order valence-electron chi connectivity index (χ4n) is 10.2. The van der Waals surface area contributed by atoms with Crippen molar-refractivity contribution in [2.75, 3.05) is 53.9 Å². The van der Waals surface area contributed by atoms with Crippen molar-refractivity contribution in [3.8, 4) is 0 Å². The molecule has 0 unspecified atom stereocenters. The van der Waals surface area contributed by atoms with E-state index in [9.17, 15) is 14.2 Å². The number of amides is 1. The van der Waals surface area contributed by atoms with Crippen LogP contribution in [0.2, 0.25) is 18.1 Å². The summed E-state index contributed by atoms with van der Waals surface area (Å²) < 4.78 is 85.1. The van der Waals surface area contributed by atoms with Gasteiger partial charge in [0, 0.05) is 45.7 Å². The third-order valence-corrected chi connectivity index (χ3v) is 22.1. The highest BCUT2D eigenvalue weighted by molar-refractivity contribution is 7.48. The molecule has 17 heteroatoms. The van der Waals surface area contributed by atoms with Gasteiger partial charge in [0.1, 0.15) is 24.0 Å². The Morgan fingerprint density at radius 1 is 0.633 bits per heavy atom. The summed E-state index contributed by atoms with van der Waals surface area (Å²) in [6, 6.07) is -0.691. The van der Waals surface area contributed by atoms with E-state index in [0.717, 1.165) is 57.8 Å². The molecule has 0 aromatic heterocycles. The first kappa shape index (κ1) is 73.7. The van der Waals surface area contributed by atoms with Crippen LogP contribution >= 0.6 is 7.82 Å². The quantitative estimate of drug-likeness (QED) is 0.0201. The second kappa shape index (κ2) is 42.4. The molecule has 2 aliphatic heterocycles. The van der Waals surface area contributed by atoms with E-state index in [1.807, 2.05) is 6.92 Å². The van der Waals surface area contributed by atoms with Gasteiger partial charge in [0.05, 0.1) is 57.3 Å². The predicted octanol–water partition coefficient (Wildman–Crippen LogP) is 15.3. The van der Waals surface area contributed by atoms with E-state index in [-0.39, 0.29) is 61.6 Å². The van der Waals surface area contributed by atoms with Gasteiger partial charge >= 0.3 is 7.82 Å². The zero-order valence-electron chi connectivity index (χ0n) is 52.2. The standard InChI is InChI=1S/C62H118NO14PSi/c1-15-20-23-26-28-30-31-34-36-39-51(64)46-55(65)63-56-57(69-44-38-35-32-29-27-24-21-16-2)49(6)53(74-61(56)77-79(13,14)62(8,9)10)48-71-60-50(7)58(70-45-41-52(68-12)40-37-33-25-22-17-3)59(54(75-60)47-67-11)76-78(66,72-42-18-4)73-43-19-5/h18-19,49-50,52-54,56-61H,4-5,15-17,20-48H2,1-3,6-14H3,(H,63,65)/t49-,50-,52-,53-,54-,56-,57+,58-,59-,60-,61+/m1/s1. The Hall–Kier alpha value is -1.37. The Morgan fingerprint density at radius 3 is 1.68 bits per heavy atom. The maximum atomic E-state index is 14.3. The summed E-state index contributed by atoms with van der Waals surface area (Å²) in [5.41, 5.74) is 0. The fraction of sp³-hybridized carbons (Fsp3) is 0.903. The minimum Gasteiger partial charge on any atom is -0.391 e. The van der Waals surface area contributed by atoms with Crippen molar-refractivity contribution in [3.05, 3.63) is 25.3 Å². The predicted molar refractivity (Wildman–Crippen MR) is 321 cm³/mol. The molecule has 0 saturated carbocycles. The van der Waals surface area contributed by atoms with E-state index < -0.39 is 71.2 Å². The van der Waals surface area contributed by atoms with Gasteiger partial charge in [0.15, 0.2) is 20.9 Å². The number of hydrogen-bond acceptors (Lipinski definition) is 14. The molecule has 1 amide bonds. The molecule has 2 rings (SSSR count). The summed E-state index contributed by atoms with van der Waals surface area (Å²) in [7, 11) is -3.46. The highest BCUT2D eigenvalue weighted by Crippen LogP contribution is 2.53. The van der Waals surface area contributed by atoms with Gasteiger partial charge in [-0.15, -0.1) is 13.2 Å². The molecular weight excluding hydrogens is 1040 g/mol. The highest BCUT2D eigenvalue weighted by Gasteiger charge is 2.52. The van der Waals surface area contributed by atoms with Crippen LogP contribution < -0.4 is 5.32 Å². The van der Waals surface area contributed by atoms with Crippen molar-refractivity contribution in [1.82, 2.24) is 5.32 Å². The summed E-state index contributed by atoms with van der Waals surface area (Å²) in [5, 5.41) is 3.05. The van der Waals surface area contributed by atoms with E-state index in [4.69, 9.17) is 51.2 Å². The van der Waals surface area contributed by atoms with Crippen molar-refractivity contribution < 1.29 is 65.3 Å². The van der Waals surface area contributed by atoms with Gasteiger partial charge in [-0.25, -0.2) is 4.57 Å². The first-order valence-electron chi connectivity index (χ1n) is 31.3. The van der Waals surface area contributed by atoms with Crippen LogP contribution in [-0.2, 0) is 65.3 Å². The summed E-state index contributed by atoms with van der Waals surface area (Å²) in [6.07, 6.45) is 24.8. The van der Waals surface area contributed by atoms with Crippen LogP contribution in [-0.4, -0.2) is 129 Å². The van der Waals surface area contributed by atoms with Crippen molar-refractivity contribution in [2.45, 2.75) is 296 Å². The molecule has 2 aliphatic rings. The molecule has 0 aromatic carbocycles. The SMILES string of the molecule is C=CCOP(=O)(OCC=C)O[C@H]1[C@H](OCC[C@@H](CCCCCCC)OC)[C@@H](C)[C@H](OC[C@H]2O[C@@H](O[Si](C)(C)C(C)(C)C)[C@H](NC(=O)CC(=O)CCCCCCCCCCC)[C@@H](OCCCCCCCCCC)[C@@H]2C)O[C@@H]1COC. The number of ether oxygens (including phenoxy) is 7. The Balaban J connectivity index is 2.49. The van der Waals surface area contributed by atoms with E-state index >= 15 is 0 Å². The van der Waals surface area contributed by atoms with Gasteiger partial charge in [0.25, 0.3) is 0 Å². The lowest BCUT2D eigenvalue weighted by Gasteiger charge is -2.50. The number of hydrogen-bond donors (Lipinski definition) is 1. The Labute approximate surface area is 483 Å². The third kappa shape index (κ3) is 29.3. The molecule has 79 heavy (non-hydrogen) atoms. The molecule has 0 bridgehead atoms. The summed E-state index contributed by atoms with van der Waals surface area (Å²) in [5.74, 6) is -1.19. The highest BCUT2D eigenvalue weighted by atomic mass is 31.2. The lowest BCUT2D eigenvalue weighted by Crippen LogP contribution is -2.65. The lowest BCUT2D eigenvalue weighted by molar-refractivity contribution is -0.305. The van der Waals surface area contributed by atoms with Gasteiger partial charge < -0.3 is 42.9 Å². The number of phosphoric ester groups is 1. The first-order valence-corrected chi connectivity index (χ1v) is 35.7. The number of Topliss-reactive ketones (excluding diaryl/α,β-unsaturated/α-hetero) is 1. The van der Waals surface area contributed by atoms with Gasteiger partial charge in [0.2, 0.25) is 5.91 Å². The molecule has 0 aliphatic carbocycles. The molecule has 2 fully saturated rings. The largest absolute Gasteiger partial charge is 0.475 e. The lowest BCUT2D eigenvalue weighted by atomic mass is 9.88. The van der Waals surface area contributed by atoms with Crippen LogP contribution in [0, 0.1) is 11.8 Å². The average Bonchev–Trinajstić information content (AvgIpc) is 3.47. The number of carbonyl (C=O) groups is 2. The van der Waals surface area contributed by atoms with Crippen LogP contribution in [0.15, 0.2) is 25.3 Å². The number of nitrogens with one attached hydrogen (secondary N) is 1. The minimum atomic E-state index is -4.21. The summed E-state index contributed by atoms with van der Waals surface area (Å²) >= 11 is 0. The van der Waals surface area contributed by atoms with Gasteiger partial charge in [-0.3, -0.25) is 23.2 Å². The molecule has 2 heterocycles. The topological polar surface area (TPSA) is 165 Å². The Kier molecular flexibility index (Phi) is 39.6. The second-order valence-electron chi connectivity index (χ2n) is 24.0. The van der Waals surface area contributed by atoms with E-state index in [0.29, 0.717) is 26.1 Å². The van der Waals surface area contributed by atoms with Crippen LogP contribution in [0.25, 0.3) is 0 Å². The van der Waals surface area contributed by atoms with Crippen LogP contribution in [0.1, 0.15) is 222 Å². The van der Waals surface area contributed by atoms with E-state index in [1.54, 1.807) is 14.2 Å². The molecule has 2 saturated heterocycles. The fourth-order valence-corrected chi connectivity index (χ4v) is 12.6. The average molecular weight is 1160 g/mol. The molecule has 15 nitrogen and oxygen atoms in total. The van der Waals surface area contributed by atoms with Crippen molar-refractivity contribution in [1.29, 1.82) is 0 Å². The van der Waals surface area contributed by atoms with E-state index in [2.05, 4.69) is 80.0 Å². The zero-order chi connectivity index (χ0) is 58.5. The van der Waals surface area contributed by atoms with Gasteiger partial charge in [-0.1, -0.05) is 196 Å². The molecule has 11 atom stereocenters. The number of phosphoric acid groups is 1. The van der Waals surface area contributed by atoms with Crippen LogP contribution in [0.5, 0.6) is 0 Å². The smallest absolute Gasteiger partial charge is 0.391 e. The summed E-state index contributed by atoms with van der Waals surface area (Å²) in [4.78, 5) is 27.4.